The summed E-state index contributed by atoms with van der Waals surface area (Å²) in [6.45, 7) is 4.93. The maximum absolute atomic E-state index is 11.4. The van der Waals surface area contributed by atoms with Gasteiger partial charge in [0.2, 0.25) is 10.0 Å². The van der Waals surface area contributed by atoms with Gasteiger partial charge in [-0.05, 0) is 13.5 Å². The molecule has 0 rings (SSSR count). The standard InChI is InChI=1S/C9H18N2O2S/c1-4-6-9(3)11-14(12,13)8-7-10-5-2/h1,9-11H,5-8H2,2-3H3. The molecule has 82 valence electrons. The van der Waals surface area contributed by atoms with E-state index in [1.807, 2.05) is 6.92 Å². The summed E-state index contributed by atoms with van der Waals surface area (Å²) in [5, 5.41) is 2.95. The van der Waals surface area contributed by atoms with Gasteiger partial charge in [0.15, 0.2) is 0 Å². The Labute approximate surface area is 86.5 Å². The lowest BCUT2D eigenvalue weighted by atomic mass is 10.3. The van der Waals surface area contributed by atoms with Crippen LogP contribution in [0.1, 0.15) is 20.3 Å². The van der Waals surface area contributed by atoms with E-state index in [-0.39, 0.29) is 11.8 Å². The molecule has 0 spiro atoms. The van der Waals surface area contributed by atoms with Crippen molar-refractivity contribution >= 4 is 10.0 Å². The van der Waals surface area contributed by atoms with Gasteiger partial charge in [0.25, 0.3) is 0 Å². The first-order valence-electron chi connectivity index (χ1n) is 4.66. The lowest BCUT2D eigenvalue weighted by Crippen LogP contribution is -2.37. The molecular formula is C9H18N2O2S. The molecule has 4 nitrogen and oxygen atoms in total. The highest BCUT2D eigenvalue weighted by Crippen LogP contribution is 1.92. The van der Waals surface area contributed by atoms with E-state index in [1.165, 1.54) is 0 Å². The predicted octanol–water partition coefficient (Wildman–Crippen LogP) is -0.0729. The van der Waals surface area contributed by atoms with Crippen LogP contribution in [0.2, 0.25) is 0 Å². The van der Waals surface area contributed by atoms with Crippen LogP contribution in [0.25, 0.3) is 0 Å². The second-order valence-corrected chi connectivity index (χ2v) is 4.97. The van der Waals surface area contributed by atoms with Crippen LogP contribution in [0.5, 0.6) is 0 Å². The van der Waals surface area contributed by atoms with Gasteiger partial charge in [0, 0.05) is 19.0 Å². The molecule has 0 aliphatic heterocycles. The number of rotatable bonds is 7. The Morgan fingerprint density at radius 1 is 1.50 bits per heavy atom. The molecule has 1 unspecified atom stereocenters. The van der Waals surface area contributed by atoms with E-state index in [0.29, 0.717) is 13.0 Å². The van der Waals surface area contributed by atoms with E-state index in [4.69, 9.17) is 6.42 Å². The topological polar surface area (TPSA) is 58.2 Å². The number of hydrogen-bond donors (Lipinski definition) is 2. The highest BCUT2D eigenvalue weighted by Gasteiger charge is 2.12. The van der Waals surface area contributed by atoms with Crippen molar-refractivity contribution in [1.82, 2.24) is 10.0 Å². The van der Waals surface area contributed by atoms with E-state index in [9.17, 15) is 8.42 Å². The monoisotopic (exact) mass is 218 g/mol. The fraction of sp³-hybridized carbons (Fsp3) is 0.778. The quantitative estimate of drug-likeness (QED) is 0.464. The average molecular weight is 218 g/mol. The van der Waals surface area contributed by atoms with Gasteiger partial charge < -0.3 is 5.32 Å². The van der Waals surface area contributed by atoms with Gasteiger partial charge in [-0.15, -0.1) is 12.3 Å². The molecule has 14 heavy (non-hydrogen) atoms. The molecule has 0 saturated carbocycles. The minimum atomic E-state index is -3.18. The summed E-state index contributed by atoms with van der Waals surface area (Å²) in [6, 6.07) is -0.188. The molecule has 0 aromatic rings. The molecule has 0 aromatic carbocycles. The third-order valence-corrected chi connectivity index (χ3v) is 3.11. The molecule has 0 aliphatic carbocycles. The Morgan fingerprint density at radius 2 is 2.14 bits per heavy atom. The molecule has 0 radical (unpaired) electrons. The molecule has 2 N–H and O–H groups in total. The molecule has 0 fully saturated rings. The van der Waals surface area contributed by atoms with E-state index < -0.39 is 10.0 Å². The molecule has 0 heterocycles. The average Bonchev–Trinajstić information content (AvgIpc) is 2.03. The van der Waals surface area contributed by atoms with Crippen LogP contribution in [0, 0.1) is 12.3 Å². The summed E-state index contributed by atoms with van der Waals surface area (Å²) < 4.78 is 25.2. The largest absolute Gasteiger partial charge is 0.316 e. The molecule has 1 atom stereocenters. The van der Waals surface area contributed by atoms with Crippen molar-refractivity contribution in [1.29, 1.82) is 0 Å². The van der Waals surface area contributed by atoms with E-state index in [1.54, 1.807) is 6.92 Å². The van der Waals surface area contributed by atoms with Crippen LogP contribution in [-0.2, 0) is 10.0 Å². The summed E-state index contributed by atoms with van der Waals surface area (Å²) in [7, 11) is -3.18. The molecule has 0 aliphatic rings. The summed E-state index contributed by atoms with van der Waals surface area (Å²) >= 11 is 0. The summed E-state index contributed by atoms with van der Waals surface area (Å²) in [5.41, 5.74) is 0. The zero-order chi connectivity index (χ0) is 11.0. The number of sulfonamides is 1. The second-order valence-electron chi connectivity index (χ2n) is 3.10. The molecule has 0 saturated heterocycles. The first-order valence-corrected chi connectivity index (χ1v) is 6.31. The van der Waals surface area contributed by atoms with Crippen LogP contribution < -0.4 is 10.0 Å². The molecule has 0 aromatic heterocycles. The van der Waals surface area contributed by atoms with Crippen molar-refractivity contribution in [2.75, 3.05) is 18.8 Å². The van der Waals surface area contributed by atoms with Gasteiger partial charge in [0.05, 0.1) is 5.75 Å². The van der Waals surface area contributed by atoms with Gasteiger partial charge in [-0.1, -0.05) is 6.92 Å². The van der Waals surface area contributed by atoms with Crippen LogP contribution in [0.15, 0.2) is 0 Å². The molecule has 0 amide bonds. The Kier molecular flexibility index (Phi) is 6.54. The SMILES string of the molecule is C#CCC(C)NS(=O)(=O)CCNCC. The highest BCUT2D eigenvalue weighted by molar-refractivity contribution is 7.89. The molecule has 0 bridgehead atoms. The maximum Gasteiger partial charge on any atom is 0.213 e. The molecule has 5 heteroatoms. The maximum atomic E-state index is 11.4. The summed E-state index contributed by atoms with van der Waals surface area (Å²) in [5.74, 6) is 2.51. The van der Waals surface area contributed by atoms with Gasteiger partial charge >= 0.3 is 0 Å². The van der Waals surface area contributed by atoms with Crippen LogP contribution in [-0.4, -0.2) is 33.3 Å². The smallest absolute Gasteiger partial charge is 0.213 e. The van der Waals surface area contributed by atoms with E-state index in [0.717, 1.165) is 6.54 Å². The fourth-order valence-corrected chi connectivity index (χ4v) is 2.19. The Hall–Kier alpha value is -0.570. The Morgan fingerprint density at radius 3 is 2.64 bits per heavy atom. The lowest BCUT2D eigenvalue weighted by Gasteiger charge is -2.11. The van der Waals surface area contributed by atoms with Crippen molar-refractivity contribution in [2.45, 2.75) is 26.3 Å². The van der Waals surface area contributed by atoms with Crippen LogP contribution in [0.3, 0.4) is 0 Å². The van der Waals surface area contributed by atoms with Crippen molar-refractivity contribution in [3.05, 3.63) is 0 Å². The van der Waals surface area contributed by atoms with Gasteiger partial charge in [-0.25, -0.2) is 13.1 Å². The Bertz CT molecular complexity index is 280. The summed E-state index contributed by atoms with van der Waals surface area (Å²) in [4.78, 5) is 0. The Balaban J connectivity index is 3.90. The van der Waals surface area contributed by atoms with Crippen molar-refractivity contribution in [3.8, 4) is 12.3 Å². The van der Waals surface area contributed by atoms with Gasteiger partial charge in [-0.2, -0.15) is 0 Å². The first-order chi connectivity index (χ1) is 6.52. The van der Waals surface area contributed by atoms with E-state index >= 15 is 0 Å². The van der Waals surface area contributed by atoms with Crippen molar-refractivity contribution < 1.29 is 8.42 Å². The fourth-order valence-electron chi connectivity index (χ4n) is 0.967. The number of terminal acetylenes is 1. The van der Waals surface area contributed by atoms with Crippen LogP contribution >= 0.6 is 0 Å². The van der Waals surface area contributed by atoms with E-state index in [2.05, 4.69) is 16.0 Å². The third kappa shape index (κ3) is 6.89. The predicted molar refractivity (Wildman–Crippen MR) is 58.4 cm³/mol. The lowest BCUT2D eigenvalue weighted by molar-refractivity contribution is 0.560. The van der Waals surface area contributed by atoms with Crippen molar-refractivity contribution in [3.63, 3.8) is 0 Å². The highest BCUT2D eigenvalue weighted by atomic mass is 32.2. The van der Waals surface area contributed by atoms with Gasteiger partial charge in [-0.3, -0.25) is 0 Å². The summed E-state index contributed by atoms with van der Waals surface area (Å²) in [6.07, 6.45) is 5.49. The minimum Gasteiger partial charge on any atom is -0.316 e. The first kappa shape index (κ1) is 13.4. The number of hydrogen-bond acceptors (Lipinski definition) is 3. The normalized spacial score (nSPS) is 13.5. The van der Waals surface area contributed by atoms with Gasteiger partial charge in [0.1, 0.15) is 0 Å². The minimum absolute atomic E-state index is 0.0930. The zero-order valence-electron chi connectivity index (χ0n) is 8.71. The van der Waals surface area contributed by atoms with Crippen molar-refractivity contribution in [2.24, 2.45) is 0 Å². The zero-order valence-corrected chi connectivity index (χ0v) is 9.52. The molecular weight excluding hydrogens is 200 g/mol. The second kappa shape index (κ2) is 6.82. The van der Waals surface area contributed by atoms with Crippen LogP contribution in [0.4, 0.5) is 0 Å². The third-order valence-electron chi connectivity index (χ3n) is 1.60. The number of nitrogens with one attached hydrogen (secondary N) is 2.